The van der Waals surface area contributed by atoms with Gasteiger partial charge in [-0.15, -0.1) is 0 Å². The van der Waals surface area contributed by atoms with Crippen molar-refractivity contribution in [2.24, 2.45) is 11.3 Å². The van der Waals surface area contributed by atoms with Crippen molar-refractivity contribution in [2.75, 3.05) is 17.0 Å². The molecule has 1 atom stereocenters. The Morgan fingerprint density at radius 3 is 2.62 bits per heavy atom. The number of hydrogen-bond acceptors (Lipinski definition) is 5. The fourth-order valence-electron chi connectivity index (χ4n) is 4.91. The molecule has 0 saturated heterocycles. The van der Waals surface area contributed by atoms with Gasteiger partial charge in [-0.3, -0.25) is 14.5 Å². The average molecular weight is 433 g/mol. The molecule has 0 unspecified atom stereocenters. The fraction of sp³-hybridized carbons (Fsp3) is 0.385. The fourth-order valence-corrected chi connectivity index (χ4v) is 4.91. The largest absolute Gasteiger partial charge is 0.454 e. The molecule has 0 aromatic heterocycles. The monoisotopic (exact) mass is 432 g/mol. The number of ketones is 1. The molecular weight excluding hydrogens is 404 g/mol. The van der Waals surface area contributed by atoms with E-state index in [2.05, 4.69) is 19.2 Å². The van der Waals surface area contributed by atoms with Crippen LogP contribution in [0, 0.1) is 11.3 Å². The Labute approximate surface area is 188 Å². The highest BCUT2D eigenvalue weighted by molar-refractivity contribution is 6.06. The van der Waals surface area contributed by atoms with Gasteiger partial charge < -0.3 is 14.8 Å². The number of carbonyl (C=O) groups is 2. The molecule has 2 aliphatic heterocycles. The third-order valence-electron chi connectivity index (χ3n) is 6.34. The van der Waals surface area contributed by atoms with Crippen LogP contribution in [-0.2, 0) is 9.59 Å². The second kappa shape index (κ2) is 7.40. The van der Waals surface area contributed by atoms with Gasteiger partial charge in [0.05, 0.1) is 17.4 Å². The number of anilines is 2. The van der Waals surface area contributed by atoms with Gasteiger partial charge in [-0.1, -0.05) is 45.9 Å². The summed E-state index contributed by atoms with van der Waals surface area (Å²) in [5, 5.41) is 3.53. The number of fused-ring (bicyclic) bond motifs is 2. The molecule has 5 rings (SSSR count). The number of Topliss-reactive ketones (excluding diaryl/α,β-unsaturated/α-hetero) is 1. The number of para-hydroxylation sites is 2. The van der Waals surface area contributed by atoms with Crippen molar-refractivity contribution in [3.8, 4) is 11.5 Å². The highest BCUT2D eigenvalue weighted by Gasteiger charge is 2.43. The second-order valence-corrected chi connectivity index (χ2v) is 9.85. The maximum Gasteiger partial charge on any atom is 0.231 e. The van der Waals surface area contributed by atoms with Crippen LogP contribution in [0.4, 0.5) is 11.4 Å². The van der Waals surface area contributed by atoms with E-state index in [0.29, 0.717) is 23.5 Å². The molecule has 1 amide bonds. The van der Waals surface area contributed by atoms with E-state index >= 15 is 0 Å². The maximum atomic E-state index is 13.6. The lowest BCUT2D eigenvalue weighted by molar-refractivity contribution is -0.122. The molecular formula is C26H28N2O4. The van der Waals surface area contributed by atoms with Crippen LogP contribution in [0.15, 0.2) is 53.7 Å². The zero-order valence-corrected chi connectivity index (χ0v) is 18.9. The van der Waals surface area contributed by atoms with Crippen molar-refractivity contribution < 1.29 is 19.1 Å². The van der Waals surface area contributed by atoms with Crippen LogP contribution >= 0.6 is 0 Å². The Kier molecular flexibility index (Phi) is 4.77. The number of hydrogen-bond donors (Lipinski definition) is 1. The SMILES string of the molecule is CC(C)C(=O)N1c2ccccc2NC2=C(C(=O)CC(C)(C)C2)[C@H]1c1ccc2c(c1)OCO2. The summed E-state index contributed by atoms with van der Waals surface area (Å²) < 4.78 is 11.1. The van der Waals surface area contributed by atoms with Gasteiger partial charge in [0.2, 0.25) is 12.7 Å². The Balaban J connectivity index is 1.78. The minimum atomic E-state index is -0.547. The summed E-state index contributed by atoms with van der Waals surface area (Å²) in [4.78, 5) is 29.1. The summed E-state index contributed by atoms with van der Waals surface area (Å²) in [5.41, 5.74) is 3.84. The Morgan fingerprint density at radius 1 is 1.09 bits per heavy atom. The standard InChI is InChI=1S/C26H28N2O4/c1-15(2)25(30)28-19-8-6-5-7-17(19)27-18-12-26(3,4)13-20(29)23(18)24(28)16-9-10-21-22(11-16)32-14-31-21/h5-11,15,24,27H,12-14H2,1-4H3/t24-/m1/s1. The summed E-state index contributed by atoms with van der Waals surface area (Å²) in [5.74, 6) is 1.11. The van der Waals surface area contributed by atoms with Crippen molar-refractivity contribution >= 4 is 23.1 Å². The molecule has 166 valence electrons. The van der Waals surface area contributed by atoms with Gasteiger partial charge in [0, 0.05) is 23.6 Å². The molecule has 0 saturated carbocycles. The summed E-state index contributed by atoms with van der Waals surface area (Å²) in [7, 11) is 0. The van der Waals surface area contributed by atoms with Crippen LogP contribution in [0.1, 0.15) is 52.1 Å². The lowest BCUT2D eigenvalue weighted by Crippen LogP contribution is -2.41. The first kappa shape index (κ1) is 20.6. The molecule has 0 radical (unpaired) electrons. The highest BCUT2D eigenvalue weighted by atomic mass is 16.7. The number of carbonyl (C=O) groups excluding carboxylic acids is 2. The van der Waals surface area contributed by atoms with Gasteiger partial charge in [-0.05, 0) is 41.7 Å². The van der Waals surface area contributed by atoms with Crippen LogP contribution in [0.2, 0.25) is 0 Å². The molecule has 0 fully saturated rings. The third kappa shape index (κ3) is 3.34. The van der Waals surface area contributed by atoms with E-state index in [-0.39, 0.29) is 29.8 Å². The molecule has 6 heteroatoms. The molecule has 32 heavy (non-hydrogen) atoms. The topological polar surface area (TPSA) is 67.9 Å². The highest BCUT2D eigenvalue weighted by Crippen LogP contribution is 2.49. The lowest BCUT2D eigenvalue weighted by atomic mass is 9.73. The molecule has 2 aromatic carbocycles. The number of rotatable bonds is 2. The lowest BCUT2D eigenvalue weighted by Gasteiger charge is -2.37. The predicted molar refractivity (Wildman–Crippen MR) is 123 cm³/mol. The first-order chi connectivity index (χ1) is 15.2. The number of nitrogens with zero attached hydrogens (tertiary/aromatic N) is 1. The minimum Gasteiger partial charge on any atom is -0.454 e. The zero-order valence-electron chi connectivity index (χ0n) is 18.9. The summed E-state index contributed by atoms with van der Waals surface area (Å²) in [6.07, 6.45) is 1.17. The maximum absolute atomic E-state index is 13.6. The minimum absolute atomic E-state index is 0.0340. The Bertz CT molecular complexity index is 1150. The Morgan fingerprint density at radius 2 is 1.84 bits per heavy atom. The average Bonchev–Trinajstić information content (AvgIpc) is 3.14. The molecule has 0 spiro atoms. The molecule has 6 nitrogen and oxygen atoms in total. The zero-order chi connectivity index (χ0) is 22.6. The molecule has 1 aliphatic carbocycles. The van der Waals surface area contributed by atoms with Crippen molar-refractivity contribution in [3.05, 3.63) is 59.3 Å². The van der Waals surface area contributed by atoms with E-state index in [9.17, 15) is 9.59 Å². The van der Waals surface area contributed by atoms with E-state index < -0.39 is 6.04 Å². The molecule has 2 heterocycles. The molecule has 2 aromatic rings. The van der Waals surface area contributed by atoms with Gasteiger partial charge in [0.25, 0.3) is 0 Å². The summed E-state index contributed by atoms with van der Waals surface area (Å²) in [6.45, 7) is 8.17. The smallest absolute Gasteiger partial charge is 0.231 e. The van der Waals surface area contributed by atoms with Crippen LogP contribution in [-0.4, -0.2) is 18.5 Å². The van der Waals surface area contributed by atoms with Crippen LogP contribution in [0.25, 0.3) is 0 Å². The predicted octanol–water partition coefficient (Wildman–Crippen LogP) is 5.21. The summed E-state index contributed by atoms with van der Waals surface area (Å²) in [6, 6.07) is 12.9. The Hall–Kier alpha value is -3.28. The van der Waals surface area contributed by atoms with E-state index in [1.54, 1.807) is 4.90 Å². The van der Waals surface area contributed by atoms with Crippen molar-refractivity contribution in [3.63, 3.8) is 0 Å². The molecule has 3 aliphatic rings. The van der Waals surface area contributed by atoms with Gasteiger partial charge in [-0.25, -0.2) is 0 Å². The van der Waals surface area contributed by atoms with Crippen molar-refractivity contribution in [1.29, 1.82) is 0 Å². The number of benzene rings is 2. The molecule has 0 bridgehead atoms. The number of nitrogens with one attached hydrogen (secondary N) is 1. The first-order valence-electron chi connectivity index (χ1n) is 11.1. The first-order valence-corrected chi connectivity index (χ1v) is 11.1. The second-order valence-electron chi connectivity index (χ2n) is 9.85. The molecule has 1 N–H and O–H groups in total. The van der Waals surface area contributed by atoms with Crippen LogP contribution < -0.4 is 19.7 Å². The van der Waals surface area contributed by atoms with Gasteiger partial charge in [0.15, 0.2) is 17.3 Å². The van der Waals surface area contributed by atoms with Gasteiger partial charge in [-0.2, -0.15) is 0 Å². The van der Waals surface area contributed by atoms with Crippen molar-refractivity contribution in [2.45, 2.75) is 46.6 Å². The van der Waals surface area contributed by atoms with Crippen LogP contribution in [0.3, 0.4) is 0 Å². The van der Waals surface area contributed by atoms with Gasteiger partial charge in [0.1, 0.15) is 0 Å². The summed E-state index contributed by atoms with van der Waals surface area (Å²) >= 11 is 0. The van der Waals surface area contributed by atoms with E-state index in [0.717, 1.165) is 29.1 Å². The van der Waals surface area contributed by atoms with Gasteiger partial charge >= 0.3 is 0 Å². The van der Waals surface area contributed by atoms with Crippen molar-refractivity contribution in [1.82, 2.24) is 0 Å². The normalized spacial score (nSPS) is 21.1. The van der Waals surface area contributed by atoms with E-state index in [4.69, 9.17) is 9.47 Å². The van der Waals surface area contributed by atoms with Crippen LogP contribution in [0.5, 0.6) is 11.5 Å². The third-order valence-corrected chi connectivity index (χ3v) is 6.34. The number of amides is 1. The number of ether oxygens (including phenoxy) is 2. The van der Waals surface area contributed by atoms with E-state index in [1.807, 2.05) is 56.3 Å². The van der Waals surface area contributed by atoms with E-state index in [1.165, 1.54) is 0 Å². The quantitative estimate of drug-likeness (QED) is 0.705. The number of allylic oxidation sites excluding steroid dienone is 1.